The molecule has 0 spiro atoms. The van der Waals surface area contributed by atoms with Gasteiger partial charge in [0.15, 0.2) is 0 Å². The maximum Gasteiger partial charge on any atom is 0.335 e. The molecule has 1 aliphatic heterocycles. The minimum Gasteiger partial charge on any atom is -0.478 e. The largest absolute Gasteiger partial charge is 0.478 e. The lowest BCUT2D eigenvalue weighted by molar-refractivity contribution is -0.00540. The van der Waals surface area contributed by atoms with Crippen molar-refractivity contribution < 1.29 is 24.5 Å². The summed E-state index contributed by atoms with van der Waals surface area (Å²) in [5.41, 5.74) is 0.0160. The van der Waals surface area contributed by atoms with Crippen LogP contribution in [0.15, 0.2) is 18.2 Å². The minimum atomic E-state index is -1.07. The third-order valence-corrected chi connectivity index (χ3v) is 3.81. The third-order valence-electron chi connectivity index (χ3n) is 3.81. The molecule has 21 heavy (non-hydrogen) atoms. The quantitative estimate of drug-likeness (QED) is 0.768. The highest BCUT2D eigenvalue weighted by molar-refractivity contribution is 6.00. The average Bonchev–Trinajstić information content (AvgIpc) is 2.48. The molecule has 1 fully saturated rings. The summed E-state index contributed by atoms with van der Waals surface area (Å²) in [7, 11) is 0. The first-order valence-corrected chi connectivity index (χ1v) is 6.83. The van der Waals surface area contributed by atoms with Gasteiger partial charge in [-0.2, -0.15) is 0 Å². The van der Waals surface area contributed by atoms with E-state index < -0.39 is 17.4 Å². The van der Waals surface area contributed by atoms with Crippen LogP contribution in [0, 0.1) is 6.92 Å². The molecule has 3 N–H and O–H groups in total. The van der Waals surface area contributed by atoms with Gasteiger partial charge in [-0.15, -0.1) is 0 Å². The maximum atomic E-state index is 12.4. The number of nitrogens with one attached hydrogen (secondary N) is 1. The first kappa shape index (κ1) is 15.5. The van der Waals surface area contributed by atoms with Gasteiger partial charge in [-0.05, 0) is 37.5 Å². The molecule has 1 unspecified atom stereocenters. The Labute approximate surface area is 122 Å². The molecule has 2 rings (SSSR count). The molecule has 1 heterocycles. The molecule has 1 amide bonds. The maximum absolute atomic E-state index is 12.4. The Bertz CT molecular complexity index is 549. The Balaban J connectivity index is 2.24. The smallest absolute Gasteiger partial charge is 0.335 e. The Morgan fingerprint density at radius 2 is 2.10 bits per heavy atom. The molecule has 114 valence electrons. The molecule has 1 atom stereocenters. The molecule has 0 radical (unpaired) electrons. The lowest BCUT2D eigenvalue weighted by Crippen LogP contribution is -2.56. The number of aliphatic hydroxyl groups is 1. The number of carboxylic acid groups (broad SMARTS) is 1. The number of carboxylic acids is 1. The number of hydrogen-bond acceptors (Lipinski definition) is 4. The van der Waals surface area contributed by atoms with E-state index in [0.717, 1.165) is 6.42 Å². The summed E-state index contributed by atoms with van der Waals surface area (Å²) in [5, 5.41) is 21.5. The molecule has 0 bridgehead atoms. The van der Waals surface area contributed by atoms with E-state index in [1.54, 1.807) is 13.0 Å². The molecule has 1 aromatic rings. The number of carbonyl (C=O) groups is 2. The number of aromatic carboxylic acids is 1. The van der Waals surface area contributed by atoms with Crippen LogP contribution in [0.25, 0.3) is 0 Å². The Kier molecular flexibility index (Phi) is 4.59. The number of benzene rings is 1. The summed E-state index contributed by atoms with van der Waals surface area (Å²) in [6.45, 7) is 2.26. The fraction of sp³-hybridized carbons (Fsp3) is 0.467. The topological polar surface area (TPSA) is 95.9 Å². The zero-order chi connectivity index (χ0) is 15.5. The molecule has 1 aliphatic rings. The highest BCUT2D eigenvalue weighted by atomic mass is 16.5. The van der Waals surface area contributed by atoms with Crippen LogP contribution in [0.2, 0.25) is 0 Å². The van der Waals surface area contributed by atoms with E-state index in [1.165, 1.54) is 12.1 Å². The van der Waals surface area contributed by atoms with Crippen LogP contribution in [-0.4, -0.2) is 47.4 Å². The van der Waals surface area contributed by atoms with Gasteiger partial charge < -0.3 is 20.3 Å². The minimum absolute atomic E-state index is 0.0978. The predicted molar refractivity (Wildman–Crippen MR) is 75.5 cm³/mol. The number of amides is 1. The van der Waals surface area contributed by atoms with Gasteiger partial charge in [0.2, 0.25) is 0 Å². The number of rotatable bonds is 4. The van der Waals surface area contributed by atoms with Gasteiger partial charge in [0.05, 0.1) is 24.3 Å². The van der Waals surface area contributed by atoms with Gasteiger partial charge in [-0.1, -0.05) is 6.07 Å². The molecule has 6 nitrogen and oxygen atoms in total. The molecular formula is C15H19NO5. The lowest BCUT2D eigenvalue weighted by Gasteiger charge is -2.36. The molecule has 0 aromatic heterocycles. The fourth-order valence-corrected chi connectivity index (χ4v) is 2.54. The molecule has 1 aromatic carbocycles. The van der Waals surface area contributed by atoms with Crippen molar-refractivity contribution in [2.75, 3.05) is 19.8 Å². The van der Waals surface area contributed by atoms with Gasteiger partial charge >= 0.3 is 5.97 Å². The lowest BCUT2D eigenvalue weighted by atomic mass is 9.92. The van der Waals surface area contributed by atoms with Gasteiger partial charge in [0.1, 0.15) is 0 Å². The Morgan fingerprint density at radius 1 is 1.38 bits per heavy atom. The van der Waals surface area contributed by atoms with Crippen molar-refractivity contribution >= 4 is 11.9 Å². The zero-order valence-corrected chi connectivity index (χ0v) is 11.9. The first-order chi connectivity index (χ1) is 9.99. The average molecular weight is 293 g/mol. The summed E-state index contributed by atoms with van der Waals surface area (Å²) < 4.78 is 5.34. The summed E-state index contributed by atoms with van der Waals surface area (Å²) in [4.78, 5) is 23.5. The Hall–Kier alpha value is -1.92. The summed E-state index contributed by atoms with van der Waals surface area (Å²) in [5.74, 6) is -1.46. The third kappa shape index (κ3) is 3.22. The second-order valence-corrected chi connectivity index (χ2v) is 5.33. The Morgan fingerprint density at radius 3 is 2.67 bits per heavy atom. The van der Waals surface area contributed by atoms with Crippen molar-refractivity contribution in [1.82, 2.24) is 5.32 Å². The zero-order valence-electron chi connectivity index (χ0n) is 11.9. The monoisotopic (exact) mass is 293 g/mol. The van der Waals surface area contributed by atoms with Crippen molar-refractivity contribution in [2.24, 2.45) is 0 Å². The number of ether oxygens (including phenoxy) is 1. The van der Waals surface area contributed by atoms with E-state index >= 15 is 0 Å². The predicted octanol–water partition coefficient (Wildman–Crippen LogP) is 0.965. The van der Waals surface area contributed by atoms with Crippen LogP contribution in [0.3, 0.4) is 0 Å². The van der Waals surface area contributed by atoms with Crippen molar-refractivity contribution in [3.8, 4) is 0 Å². The number of hydrogen-bond donors (Lipinski definition) is 3. The van der Waals surface area contributed by atoms with E-state index in [-0.39, 0.29) is 18.8 Å². The van der Waals surface area contributed by atoms with E-state index in [2.05, 4.69) is 5.32 Å². The highest BCUT2D eigenvalue weighted by Crippen LogP contribution is 2.21. The normalized spacial score (nSPS) is 21.8. The van der Waals surface area contributed by atoms with E-state index in [4.69, 9.17) is 9.84 Å². The molecule has 6 heteroatoms. The highest BCUT2D eigenvalue weighted by Gasteiger charge is 2.34. The summed E-state index contributed by atoms with van der Waals surface area (Å²) >= 11 is 0. The van der Waals surface area contributed by atoms with Gasteiger partial charge in [0, 0.05) is 12.2 Å². The van der Waals surface area contributed by atoms with Crippen molar-refractivity contribution in [2.45, 2.75) is 25.3 Å². The SMILES string of the molecule is Cc1c(C(=O)O)cccc1C(=O)NC1(CO)CCCOC1. The van der Waals surface area contributed by atoms with Crippen molar-refractivity contribution in [3.05, 3.63) is 34.9 Å². The van der Waals surface area contributed by atoms with Crippen molar-refractivity contribution in [3.63, 3.8) is 0 Å². The van der Waals surface area contributed by atoms with Crippen LogP contribution in [0.1, 0.15) is 39.1 Å². The van der Waals surface area contributed by atoms with Crippen molar-refractivity contribution in [1.29, 1.82) is 0 Å². The first-order valence-electron chi connectivity index (χ1n) is 6.83. The van der Waals surface area contributed by atoms with E-state index in [9.17, 15) is 14.7 Å². The van der Waals surface area contributed by atoms with Crippen LogP contribution < -0.4 is 5.32 Å². The summed E-state index contributed by atoms with van der Waals surface area (Å²) in [6.07, 6.45) is 1.39. The number of carbonyl (C=O) groups excluding carboxylic acids is 1. The molecule has 1 saturated heterocycles. The van der Waals surface area contributed by atoms with Crippen LogP contribution in [0.4, 0.5) is 0 Å². The second kappa shape index (κ2) is 6.24. The van der Waals surface area contributed by atoms with E-state index in [0.29, 0.717) is 24.2 Å². The molecule has 0 aliphatic carbocycles. The van der Waals surface area contributed by atoms with Crippen LogP contribution in [0.5, 0.6) is 0 Å². The van der Waals surface area contributed by atoms with Gasteiger partial charge in [-0.3, -0.25) is 4.79 Å². The van der Waals surface area contributed by atoms with Crippen LogP contribution >= 0.6 is 0 Å². The second-order valence-electron chi connectivity index (χ2n) is 5.33. The molecule has 0 saturated carbocycles. The summed E-state index contributed by atoms with van der Waals surface area (Å²) in [6, 6.07) is 4.57. The standard InChI is InChI=1S/C15H19NO5/c1-10-11(4-2-5-12(10)14(19)20)13(18)16-15(8-17)6-3-7-21-9-15/h2,4-5,17H,3,6-9H2,1H3,(H,16,18)(H,19,20). The molecular weight excluding hydrogens is 274 g/mol. The van der Waals surface area contributed by atoms with Crippen LogP contribution in [-0.2, 0) is 4.74 Å². The van der Waals surface area contributed by atoms with E-state index in [1.807, 2.05) is 0 Å². The van der Waals surface area contributed by atoms with Gasteiger partial charge in [-0.25, -0.2) is 4.79 Å². The fourth-order valence-electron chi connectivity index (χ4n) is 2.54. The number of aliphatic hydroxyl groups excluding tert-OH is 1. The van der Waals surface area contributed by atoms with Gasteiger partial charge in [0.25, 0.3) is 5.91 Å².